The van der Waals surface area contributed by atoms with Crippen molar-refractivity contribution in [3.63, 3.8) is 0 Å². The number of hydrogen-bond acceptors (Lipinski definition) is 4. The highest BCUT2D eigenvalue weighted by atomic mass is 16.5. The molecule has 0 fully saturated rings. The Bertz CT molecular complexity index is 238. The van der Waals surface area contributed by atoms with Gasteiger partial charge in [-0.05, 0) is 39.0 Å². The summed E-state index contributed by atoms with van der Waals surface area (Å²) < 4.78 is 10.2. The molecule has 106 valence electrons. The Morgan fingerprint density at radius 2 is 1.61 bits per heavy atom. The summed E-state index contributed by atoms with van der Waals surface area (Å²) >= 11 is 0. The maximum Gasteiger partial charge on any atom is 0.306 e. The predicted octanol–water partition coefficient (Wildman–Crippen LogP) is 3.23. The Balaban J connectivity index is 3.43. The second kappa shape index (κ2) is 11.1. The van der Waals surface area contributed by atoms with Gasteiger partial charge >= 0.3 is 11.9 Å². The van der Waals surface area contributed by atoms with Crippen LogP contribution < -0.4 is 0 Å². The summed E-state index contributed by atoms with van der Waals surface area (Å²) in [5, 5.41) is 0. The van der Waals surface area contributed by atoms with E-state index in [0.29, 0.717) is 19.4 Å². The number of ether oxygens (including phenoxy) is 2. The number of hydrogen-bond donors (Lipinski definition) is 0. The van der Waals surface area contributed by atoms with Crippen molar-refractivity contribution >= 4 is 11.9 Å². The number of carbonyl (C=O) groups is 2. The number of rotatable bonds is 10. The molecule has 0 heterocycles. The first-order valence-corrected chi connectivity index (χ1v) is 6.95. The summed E-state index contributed by atoms with van der Waals surface area (Å²) in [6.45, 7) is 6.27. The van der Waals surface area contributed by atoms with Gasteiger partial charge < -0.3 is 9.47 Å². The highest BCUT2D eigenvalue weighted by molar-refractivity contribution is 5.69. The number of esters is 2. The Labute approximate surface area is 110 Å². The fraction of sp³-hybridized carbons (Fsp3) is 0.857. The van der Waals surface area contributed by atoms with Crippen molar-refractivity contribution in [3.8, 4) is 0 Å². The van der Waals surface area contributed by atoms with E-state index in [2.05, 4.69) is 0 Å². The van der Waals surface area contributed by atoms with Gasteiger partial charge in [-0.15, -0.1) is 0 Å². The highest BCUT2D eigenvalue weighted by Crippen LogP contribution is 2.07. The lowest BCUT2D eigenvalue weighted by atomic mass is 10.2. The quantitative estimate of drug-likeness (QED) is 0.446. The summed E-state index contributed by atoms with van der Waals surface area (Å²) in [6.07, 6.45) is 5.12. The molecule has 18 heavy (non-hydrogen) atoms. The van der Waals surface area contributed by atoms with Gasteiger partial charge in [0.15, 0.2) is 0 Å². The van der Waals surface area contributed by atoms with Gasteiger partial charge in [0, 0.05) is 12.8 Å². The first-order valence-electron chi connectivity index (χ1n) is 6.95. The van der Waals surface area contributed by atoms with Crippen LogP contribution in [0.4, 0.5) is 0 Å². The zero-order chi connectivity index (χ0) is 13.8. The van der Waals surface area contributed by atoms with E-state index in [0.717, 1.165) is 32.1 Å². The average molecular weight is 258 g/mol. The van der Waals surface area contributed by atoms with Crippen molar-refractivity contribution in [2.75, 3.05) is 6.61 Å². The molecule has 4 heteroatoms. The van der Waals surface area contributed by atoms with E-state index in [1.54, 1.807) is 0 Å². The Kier molecular flexibility index (Phi) is 10.4. The van der Waals surface area contributed by atoms with Crippen LogP contribution in [0.2, 0.25) is 0 Å². The molecule has 0 saturated carbocycles. The summed E-state index contributed by atoms with van der Waals surface area (Å²) in [5.41, 5.74) is 0. The lowest BCUT2D eigenvalue weighted by Crippen LogP contribution is -2.14. The smallest absolute Gasteiger partial charge is 0.306 e. The van der Waals surface area contributed by atoms with Crippen LogP contribution in [0.5, 0.6) is 0 Å². The van der Waals surface area contributed by atoms with E-state index < -0.39 is 0 Å². The van der Waals surface area contributed by atoms with Gasteiger partial charge in [-0.1, -0.05) is 13.8 Å². The van der Waals surface area contributed by atoms with Crippen LogP contribution in [0.1, 0.15) is 65.7 Å². The summed E-state index contributed by atoms with van der Waals surface area (Å²) in [4.78, 5) is 22.3. The Morgan fingerprint density at radius 1 is 1.00 bits per heavy atom. The maximum absolute atomic E-state index is 11.2. The molecule has 0 bridgehead atoms. The zero-order valence-corrected chi connectivity index (χ0v) is 11.9. The first kappa shape index (κ1) is 16.9. The van der Waals surface area contributed by atoms with E-state index in [1.807, 2.05) is 20.8 Å². The average Bonchev–Trinajstić information content (AvgIpc) is 2.29. The van der Waals surface area contributed by atoms with Gasteiger partial charge in [0.05, 0.1) is 12.7 Å². The molecule has 0 aliphatic carbocycles. The van der Waals surface area contributed by atoms with E-state index >= 15 is 0 Å². The molecule has 0 aromatic rings. The maximum atomic E-state index is 11.2. The van der Waals surface area contributed by atoms with Crippen molar-refractivity contribution < 1.29 is 19.1 Å². The minimum atomic E-state index is -0.126. The van der Waals surface area contributed by atoms with Crippen LogP contribution in [0.25, 0.3) is 0 Å². The Morgan fingerprint density at radius 3 is 2.22 bits per heavy atom. The summed E-state index contributed by atoms with van der Waals surface area (Å²) in [7, 11) is 0. The van der Waals surface area contributed by atoms with Crippen molar-refractivity contribution in [1.29, 1.82) is 0 Å². The zero-order valence-electron chi connectivity index (χ0n) is 11.9. The van der Waals surface area contributed by atoms with E-state index in [4.69, 9.17) is 9.47 Å². The van der Waals surface area contributed by atoms with Crippen molar-refractivity contribution in [3.05, 3.63) is 0 Å². The molecule has 0 aliphatic heterocycles. The summed E-state index contributed by atoms with van der Waals surface area (Å²) in [6, 6.07) is 0. The van der Waals surface area contributed by atoms with Crippen molar-refractivity contribution in [1.82, 2.24) is 0 Å². The molecule has 0 aliphatic rings. The van der Waals surface area contributed by atoms with Crippen LogP contribution in [-0.2, 0) is 19.1 Å². The van der Waals surface area contributed by atoms with Crippen LogP contribution in [0.3, 0.4) is 0 Å². The van der Waals surface area contributed by atoms with E-state index in [9.17, 15) is 9.59 Å². The van der Waals surface area contributed by atoms with Crippen LogP contribution in [0.15, 0.2) is 0 Å². The normalized spacial score (nSPS) is 11.9. The molecule has 0 aromatic heterocycles. The minimum absolute atomic E-state index is 0.0459. The molecule has 0 spiro atoms. The topological polar surface area (TPSA) is 52.6 Å². The molecule has 0 saturated heterocycles. The molecular formula is C14H26O4. The van der Waals surface area contributed by atoms with Gasteiger partial charge in [-0.3, -0.25) is 9.59 Å². The monoisotopic (exact) mass is 258 g/mol. The van der Waals surface area contributed by atoms with Gasteiger partial charge in [0.2, 0.25) is 0 Å². The van der Waals surface area contributed by atoms with Crippen molar-refractivity contribution in [2.24, 2.45) is 0 Å². The molecular weight excluding hydrogens is 232 g/mol. The number of carbonyl (C=O) groups excluding carboxylic acids is 2. The second-order valence-electron chi connectivity index (χ2n) is 4.52. The standard InChI is InChI=1S/C14H26O4/c1-4-8-13(15)17-11-7-6-10-12(3)18-14(16)9-5-2/h12H,4-11H2,1-3H3. The predicted molar refractivity (Wildman–Crippen MR) is 70.2 cm³/mol. The Hall–Kier alpha value is -1.06. The third-order valence-electron chi connectivity index (χ3n) is 2.51. The second-order valence-corrected chi connectivity index (χ2v) is 4.52. The summed E-state index contributed by atoms with van der Waals surface area (Å²) in [5.74, 6) is -0.251. The van der Waals surface area contributed by atoms with Crippen LogP contribution >= 0.6 is 0 Å². The number of unbranched alkanes of at least 4 members (excludes halogenated alkanes) is 1. The largest absolute Gasteiger partial charge is 0.466 e. The molecule has 0 N–H and O–H groups in total. The van der Waals surface area contributed by atoms with Crippen molar-refractivity contribution in [2.45, 2.75) is 71.8 Å². The lowest BCUT2D eigenvalue weighted by Gasteiger charge is -2.12. The molecule has 0 radical (unpaired) electrons. The fourth-order valence-electron chi connectivity index (χ4n) is 1.54. The van der Waals surface area contributed by atoms with Crippen LogP contribution in [-0.4, -0.2) is 24.6 Å². The van der Waals surface area contributed by atoms with Gasteiger partial charge in [0.25, 0.3) is 0 Å². The van der Waals surface area contributed by atoms with Gasteiger partial charge in [-0.25, -0.2) is 0 Å². The van der Waals surface area contributed by atoms with Crippen LogP contribution in [0, 0.1) is 0 Å². The van der Waals surface area contributed by atoms with Gasteiger partial charge in [0.1, 0.15) is 0 Å². The van der Waals surface area contributed by atoms with E-state index in [-0.39, 0.29) is 18.0 Å². The fourth-order valence-corrected chi connectivity index (χ4v) is 1.54. The molecule has 1 atom stereocenters. The van der Waals surface area contributed by atoms with E-state index in [1.165, 1.54) is 0 Å². The van der Waals surface area contributed by atoms with Gasteiger partial charge in [-0.2, -0.15) is 0 Å². The SMILES string of the molecule is CCCC(=O)OCCCCC(C)OC(=O)CCC. The third kappa shape index (κ3) is 10.1. The molecule has 0 rings (SSSR count). The third-order valence-corrected chi connectivity index (χ3v) is 2.51. The highest BCUT2D eigenvalue weighted by Gasteiger charge is 2.08. The molecule has 4 nitrogen and oxygen atoms in total. The lowest BCUT2D eigenvalue weighted by molar-refractivity contribution is -0.148. The minimum Gasteiger partial charge on any atom is -0.466 e. The molecule has 0 amide bonds. The molecule has 1 unspecified atom stereocenters. The first-order chi connectivity index (χ1) is 8.60. The molecule has 0 aromatic carbocycles.